The van der Waals surface area contributed by atoms with Crippen molar-refractivity contribution >= 4 is 33.0 Å². The van der Waals surface area contributed by atoms with E-state index in [4.69, 9.17) is 4.99 Å². The number of likely N-dealkylation sites (N-methyl/N-ethyl adjacent to an activating group) is 1. The van der Waals surface area contributed by atoms with Gasteiger partial charge < -0.3 is 4.90 Å². The van der Waals surface area contributed by atoms with Crippen molar-refractivity contribution in [2.75, 3.05) is 13.6 Å². The quantitative estimate of drug-likeness (QED) is 0.759. The molecule has 1 aliphatic heterocycles. The van der Waals surface area contributed by atoms with Gasteiger partial charge in [0.2, 0.25) is 0 Å². The largest absolute Gasteiger partial charge is 0.359 e. The third-order valence-corrected chi connectivity index (χ3v) is 4.15. The SMILES string of the molecule is CN1CCC(c2ccccc2)=CC1=Nc1ccc(Br)cc1. The summed E-state index contributed by atoms with van der Waals surface area (Å²) in [6.45, 7) is 0.996. The Labute approximate surface area is 134 Å². The Bertz CT molecular complexity index is 672. The predicted molar refractivity (Wildman–Crippen MR) is 92.9 cm³/mol. The fourth-order valence-corrected chi connectivity index (χ4v) is 2.65. The molecular weight excluding hydrogens is 324 g/mol. The van der Waals surface area contributed by atoms with Crippen LogP contribution in [0.4, 0.5) is 5.69 Å². The molecule has 0 unspecified atom stereocenters. The maximum absolute atomic E-state index is 4.76. The summed E-state index contributed by atoms with van der Waals surface area (Å²) in [6, 6.07) is 18.6. The van der Waals surface area contributed by atoms with Crippen LogP contribution in [0.3, 0.4) is 0 Å². The number of nitrogens with zero attached hydrogens (tertiary/aromatic N) is 2. The Morgan fingerprint density at radius 2 is 1.71 bits per heavy atom. The standard InChI is InChI=1S/C18H17BrN2/c1-21-12-11-15(14-5-3-2-4-6-14)13-18(21)20-17-9-7-16(19)8-10-17/h2-10,13H,11-12H2,1H3. The number of rotatable bonds is 2. The maximum atomic E-state index is 4.76. The van der Waals surface area contributed by atoms with Gasteiger partial charge in [0.15, 0.2) is 0 Å². The molecule has 2 aromatic rings. The molecular formula is C18H17BrN2. The van der Waals surface area contributed by atoms with E-state index in [0.717, 1.165) is 29.0 Å². The molecule has 0 aliphatic carbocycles. The second kappa shape index (κ2) is 6.27. The van der Waals surface area contributed by atoms with Crippen molar-refractivity contribution in [3.05, 3.63) is 70.7 Å². The molecule has 3 heteroatoms. The molecule has 0 spiro atoms. The molecule has 21 heavy (non-hydrogen) atoms. The molecule has 2 nitrogen and oxygen atoms in total. The first-order valence-electron chi connectivity index (χ1n) is 7.04. The summed E-state index contributed by atoms with van der Waals surface area (Å²) in [5, 5.41) is 0. The van der Waals surface area contributed by atoms with Crippen LogP contribution in [0.15, 0.2) is 70.1 Å². The number of benzene rings is 2. The first-order valence-corrected chi connectivity index (χ1v) is 7.83. The normalized spacial score (nSPS) is 17.0. The van der Waals surface area contributed by atoms with Crippen LogP contribution in [0.1, 0.15) is 12.0 Å². The van der Waals surface area contributed by atoms with Crippen molar-refractivity contribution in [1.82, 2.24) is 4.90 Å². The molecule has 3 rings (SSSR count). The number of amidine groups is 1. The summed E-state index contributed by atoms with van der Waals surface area (Å²) in [4.78, 5) is 6.96. The van der Waals surface area contributed by atoms with Gasteiger partial charge in [-0.25, -0.2) is 4.99 Å². The minimum atomic E-state index is 0.977. The second-order valence-electron chi connectivity index (χ2n) is 5.15. The van der Waals surface area contributed by atoms with Crippen molar-refractivity contribution in [1.29, 1.82) is 0 Å². The van der Waals surface area contributed by atoms with E-state index >= 15 is 0 Å². The van der Waals surface area contributed by atoms with Crippen molar-refractivity contribution in [3.8, 4) is 0 Å². The summed E-state index contributed by atoms with van der Waals surface area (Å²) in [7, 11) is 2.09. The van der Waals surface area contributed by atoms with Gasteiger partial charge in [-0.1, -0.05) is 46.3 Å². The number of hydrogen-bond donors (Lipinski definition) is 0. The lowest BCUT2D eigenvalue weighted by atomic mass is 9.99. The average molecular weight is 341 g/mol. The van der Waals surface area contributed by atoms with Crippen molar-refractivity contribution < 1.29 is 0 Å². The van der Waals surface area contributed by atoms with E-state index in [-0.39, 0.29) is 0 Å². The van der Waals surface area contributed by atoms with E-state index in [1.165, 1.54) is 11.1 Å². The van der Waals surface area contributed by atoms with Crippen LogP contribution < -0.4 is 0 Å². The Hall–Kier alpha value is -1.87. The van der Waals surface area contributed by atoms with Gasteiger partial charge in [0.1, 0.15) is 5.84 Å². The molecule has 2 aromatic carbocycles. The van der Waals surface area contributed by atoms with E-state index in [1.54, 1.807) is 0 Å². The fraction of sp³-hybridized carbons (Fsp3) is 0.167. The molecule has 0 bridgehead atoms. The Kier molecular flexibility index (Phi) is 4.20. The molecule has 106 valence electrons. The Morgan fingerprint density at radius 3 is 2.43 bits per heavy atom. The van der Waals surface area contributed by atoms with Gasteiger partial charge in [-0.3, -0.25) is 0 Å². The summed E-state index contributed by atoms with van der Waals surface area (Å²) in [5.41, 5.74) is 3.62. The van der Waals surface area contributed by atoms with Crippen molar-refractivity contribution in [3.63, 3.8) is 0 Å². The minimum Gasteiger partial charge on any atom is -0.359 e. The molecule has 1 heterocycles. The monoisotopic (exact) mass is 340 g/mol. The van der Waals surface area contributed by atoms with E-state index in [2.05, 4.69) is 64.3 Å². The van der Waals surface area contributed by atoms with Crippen molar-refractivity contribution in [2.45, 2.75) is 6.42 Å². The van der Waals surface area contributed by atoms with E-state index < -0.39 is 0 Å². The zero-order valence-corrected chi connectivity index (χ0v) is 13.5. The highest BCUT2D eigenvalue weighted by Crippen LogP contribution is 2.24. The third kappa shape index (κ3) is 3.42. The summed E-state index contributed by atoms with van der Waals surface area (Å²) in [6.07, 6.45) is 3.25. The molecule has 0 radical (unpaired) electrons. The maximum Gasteiger partial charge on any atom is 0.129 e. The van der Waals surface area contributed by atoms with Crippen LogP contribution in [-0.2, 0) is 0 Å². The van der Waals surface area contributed by atoms with E-state index in [1.807, 2.05) is 24.3 Å². The number of aliphatic imine (C=N–C) groups is 1. The molecule has 0 saturated carbocycles. The Balaban J connectivity index is 1.94. The molecule has 0 fully saturated rings. The lowest BCUT2D eigenvalue weighted by molar-refractivity contribution is 0.512. The number of hydrogen-bond acceptors (Lipinski definition) is 1. The van der Waals surface area contributed by atoms with Crippen LogP contribution in [0.5, 0.6) is 0 Å². The van der Waals surface area contributed by atoms with Crippen LogP contribution in [0.25, 0.3) is 5.57 Å². The van der Waals surface area contributed by atoms with Gasteiger partial charge in [-0.15, -0.1) is 0 Å². The highest BCUT2D eigenvalue weighted by Gasteiger charge is 2.14. The fourth-order valence-electron chi connectivity index (χ4n) is 2.39. The summed E-state index contributed by atoms with van der Waals surface area (Å²) < 4.78 is 1.07. The molecule has 0 N–H and O–H groups in total. The highest BCUT2D eigenvalue weighted by molar-refractivity contribution is 9.10. The number of halogens is 1. The van der Waals surface area contributed by atoms with Crippen molar-refractivity contribution in [2.24, 2.45) is 4.99 Å². The lowest BCUT2D eigenvalue weighted by Gasteiger charge is -2.25. The molecule has 0 saturated heterocycles. The summed E-state index contributed by atoms with van der Waals surface area (Å²) in [5.74, 6) is 1.02. The summed E-state index contributed by atoms with van der Waals surface area (Å²) >= 11 is 3.45. The molecule has 0 aromatic heterocycles. The van der Waals surface area contributed by atoms with E-state index in [9.17, 15) is 0 Å². The van der Waals surface area contributed by atoms with E-state index in [0.29, 0.717) is 0 Å². The Morgan fingerprint density at radius 1 is 1.00 bits per heavy atom. The van der Waals surface area contributed by atoms with Crippen LogP contribution in [0.2, 0.25) is 0 Å². The third-order valence-electron chi connectivity index (χ3n) is 3.63. The smallest absolute Gasteiger partial charge is 0.129 e. The average Bonchev–Trinajstić information content (AvgIpc) is 2.52. The highest BCUT2D eigenvalue weighted by atomic mass is 79.9. The first-order chi connectivity index (χ1) is 10.2. The predicted octanol–water partition coefficient (Wildman–Crippen LogP) is 4.90. The first kappa shape index (κ1) is 14.1. The lowest BCUT2D eigenvalue weighted by Crippen LogP contribution is -2.29. The van der Waals surface area contributed by atoms with Gasteiger partial charge in [0.25, 0.3) is 0 Å². The topological polar surface area (TPSA) is 15.6 Å². The zero-order chi connectivity index (χ0) is 14.7. The molecule has 0 atom stereocenters. The molecule has 1 aliphatic rings. The van der Waals surface area contributed by atoms with Gasteiger partial charge in [0, 0.05) is 18.1 Å². The second-order valence-corrected chi connectivity index (χ2v) is 6.07. The minimum absolute atomic E-state index is 0.977. The van der Waals surface area contributed by atoms with Gasteiger partial charge in [0.05, 0.1) is 5.69 Å². The van der Waals surface area contributed by atoms with Crippen LogP contribution >= 0.6 is 15.9 Å². The van der Waals surface area contributed by atoms with Crippen LogP contribution in [-0.4, -0.2) is 24.3 Å². The zero-order valence-electron chi connectivity index (χ0n) is 12.0. The van der Waals surface area contributed by atoms with Gasteiger partial charge >= 0.3 is 0 Å². The van der Waals surface area contributed by atoms with Crippen LogP contribution in [0, 0.1) is 0 Å². The molecule has 0 amide bonds. The van der Waals surface area contributed by atoms with Gasteiger partial charge in [-0.05, 0) is 47.9 Å². The van der Waals surface area contributed by atoms with Gasteiger partial charge in [-0.2, -0.15) is 0 Å².